The molecule has 0 amide bonds. The van der Waals surface area contributed by atoms with Crippen LogP contribution in [0.25, 0.3) is 0 Å². The van der Waals surface area contributed by atoms with Crippen LogP contribution in [0.3, 0.4) is 0 Å². The van der Waals surface area contributed by atoms with Crippen LogP contribution in [-0.4, -0.2) is 6.29 Å². The van der Waals surface area contributed by atoms with Crippen molar-refractivity contribution in [2.45, 2.75) is 46.5 Å². The summed E-state index contributed by atoms with van der Waals surface area (Å²) >= 11 is 0. The van der Waals surface area contributed by atoms with Crippen LogP contribution < -0.4 is 0 Å². The lowest BCUT2D eigenvalue weighted by atomic mass is 10.0. The second kappa shape index (κ2) is 7.08. The number of hydrogen-bond acceptors (Lipinski definition) is 1. The minimum atomic E-state index is 0.807. The molecule has 0 N–H and O–H groups in total. The van der Waals surface area contributed by atoms with Crippen LogP contribution in [0.15, 0.2) is 11.6 Å². The fourth-order valence-corrected chi connectivity index (χ4v) is 1.07. The maximum absolute atomic E-state index is 10.2. The summed E-state index contributed by atoms with van der Waals surface area (Å²) in [6, 6.07) is 0. The van der Waals surface area contributed by atoms with Gasteiger partial charge in [-0.1, -0.05) is 32.8 Å². The van der Waals surface area contributed by atoms with Gasteiger partial charge in [0.15, 0.2) is 0 Å². The first kappa shape index (κ1) is 11.4. The molecule has 1 heteroatoms. The highest BCUT2D eigenvalue weighted by atomic mass is 16.1. The smallest absolute Gasteiger partial charge is 0.145 e. The minimum absolute atomic E-state index is 0.807. The molecule has 1 nitrogen and oxygen atoms in total. The molecule has 0 aliphatic rings. The zero-order valence-electron chi connectivity index (χ0n) is 8.47. The number of carbonyl (C=O) groups excluding carboxylic acids is 1. The monoisotopic (exact) mass is 168 g/mol. The third kappa shape index (κ3) is 7.52. The van der Waals surface area contributed by atoms with E-state index in [9.17, 15) is 4.79 Å². The van der Waals surface area contributed by atoms with Gasteiger partial charge >= 0.3 is 0 Å². The minimum Gasteiger partial charge on any atom is -0.298 e. The van der Waals surface area contributed by atoms with Crippen molar-refractivity contribution in [3.8, 4) is 0 Å². The predicted molar refractivity (Wildman–Crippen MR) is 53.1 cm³/mol. The van der Waals surface area contributed by atoms with E-state index in [2.05, 4.69) is 13.8 Å². The van der Waals surface area contributed by atoms with Crippen molar-refractivity contribution in [1.82, 2.24) is 0 Å². The van der Waals surface area contributed by atoms with Gasteiger partial charge in [-0.3, -0.25) is 4.79 Å². The molecule has 0 aromatic rings. The third-order valence-corrected chi connectivity index (χ3v) is 1.89. The first-order valence-electron chi connectivity index (χ1n) is 4.78. The van der Waals surface area contributed by atoms with Crippen LogP contribution in [0, 0.1) is 5.92 Å². The molecule has 0 fully saturated rings. The van der Waals surface area contributed by atoms with E-state index in [1.807, 2.05) is 13.0 Å². The van der Waals surface area contributed by atoms with E-state index in [1.54, 1.807) is 0 Å². The van der Waals surface area contributed by atoms with E-state index in [-0.39, 0.29) is 0 Å². The summed E-state index contributed by atoms with van der Waals surface area (Å²) in [5.41, 5.74) is 0.861. The molecule has 0 aliphatic heterocycles. The van der Waals surface area contributed by atoms with Gasteiger partial charge < -0.3 is 0 Å². The van der Waals surface area contributed by atoms with Gasteiger partial charge in [0.25, 0.3) is 0 Å². The Kier molecular flexibility index (Phi) is 6.73. The first-order chi connectivity index (χ1) is 5.66. The Bertz CT molecular complexity index is 145. The van der Waals surface area contributed by atoms with Crippen molar-refractivity contribution in [3.05, 3.63) is 11.6 Å². The lowest BCUT2D eigenvalue weighted by Crippen LogP contribution is -1.86. The van der Waals surface area contributed by atoms with Crippen LogP contribution in [0.2, 0.25) is 0 Å². The molecule has 0 aliphatic carbocycles. The molecule has 0 aromatic heterocycles. The Morgan fingerprint density at radius 2 is 2.00 bits per heavy atom. The second-order valence-corrected chi connectivity index (χ2v) is 3.74. The highest BCUT2D eigenvalue weighted by molar-refractivity contribution is 5.71. The van der Waals surface area contributed by atoms with E-state index >= 15 is 0 Å². The quantitative estimate of drug-likeness (QED) is 0.338. The van der Waals surface area contributed by atoms with Crippen molar-refractivity contribution >= 4 is 6.29 Å². The second-order valence-electron chi connectivity index (χ2n) is 3.74. The SMILES string of the molecule is CC(C=O)=CCCCCC(C)C. The van der Waals surface area contributed by atoms with Gasteiger partial charge in [-0.05, 0) is 31.3 Å². The first-order valence-corrected chi connectivity index (χ1v) is 4.78. The van der Waals surface area contributed by atoms with Crippen molar-refractivity contribution in [2.75, 3.05) is 0 Å². The summed E-state index contributed by atoms with van der Waals surface area (Å²) in [7, 11) is 0. The molecule has 0 bridgehead atoms. The van der Waals surface area contributed by atoms with Crippen molar-refractivity contribution in [1.29, 1.82) is 0 Å². The predicted octanol–water partition coefficient (Wildman–Crippen LogP) is 3.35. The Balaban J connectivity index is 3.27. The molecular weight excluding hydrogens is 148 g/mol. The van der Waals surface area contributed by atoms with Gasteiger partial charge in [0.1, 0.15) is 6.29 Å². The van der Waals surface area contributed by atoms with Crippen LogP contribution in [0.5, 0.6) is 0 Å². The van der Waals surface area contributed by atoms with Gasteiger partial charge in [0.2, 0.25) is 0 Å². The fourth-order valence-electron chi connectivity index (χ4n) is 1.07. The summed E-state index contributed by atoms with van der Waals surface area (Å²) in [4.78, 5) is 10.2. The van der Waals surface area contributed by atoms with Crippen LogP contribution in [0.4, 0.5) is 0 Å². The molecule has 0 radical (unpaired) electrons. The summed E-state index contributed by atoms with van der Waals surface area (Å²) < 4.78 is 0. The molecule has 0 rings (SSSR count). The number of rotatable bonds is 6. The van der Waals surface area contributed by atoms with E-state index in [1.165, 1.54) is 19.3 Å². The highest BCUT2D eigenvalue weighted by Gasteiger charge is 1.92. The summed E-state index contributed by atoms with van der Waals surface area (Å²) in [6.45, 7) is 6.34. The molecule has 0 heterocycles. The summed E-state index contributed by atoms with van der Waals surface area (Å²) in [5.74, 6) is 0.807. The van der Waals surface area contributed by atoms with E-state index in [0.29, 0.717) is 0 Å². The lowest BCUT2D eigenvalue weighted by molar-refractivity contribution is -0.104. The number of allylic oxidation sites excluding steroid dienone is 2. The maximum atomic E-state index is 10.2. The van der Waals surface area contributed by atoms with Gasteiger partial charge in [-0.25, -0.2) is 0 Å². The standard InChI is InChI=1S/C11H20O/c1-10(2)7-5-4-6-8-11(3)9-12/h8-10H,4-7H2,1-3H3. The Morgan fingerprint density at radius 3 is 2.50 bits per heavy atom. The van der Waals surface area contributed by atoms with Crippen molar-refractivity contribution < 1.29 is 4.79 Å². The average Bonchev–Trinajstić information content (AvgIpc) is 2.03. The van der Waals surface area contributed by atoms with Gasteiger partial charge in [-0.2, -0.15) is 0 Å². The third-order valence-electron chi connectivity index (χ3n) is 1.89. The molecule has 0 aromatic carbocycles. The molecule has 0 atom stereocenters. The van der Waals surface area contributed by atoms with Gasteiger partial charge in [-0.15, -0.1) is 0 Å². The van der Waals surface area contributed by atoms with E-state index in [4.69, 9.17) is 0 Å². The highest BCUT2D eigenvalue weighted by Crippen LogP contribution is 2.08. The molecule has 70 valence electrons. The van der Waals surface area contributed by atoms with Crippen LogP contribution in [-0.2, 0) is 4.79 Å². The molecule has 0 unspecified atom stereocenters. The van der Waals surface area contributed by atoms with Crippen molar-refractivity contribution in [3.63, 3.8) is 0 Å². The number of carbonyl (C=O) groups is 1. The Labute approximate surface area is 75.9 Å². The number of unbranched alkanes of at least 4 members (excludes halogenated alkanes) is 2. The van der Waals surface area contributed by atoms with E-state index < -0.39 is 0 Å². The molecule has 0 saturated heterocycles. The molecule has 12 heavy (non-hydrogen) atoms. The normalized spacial score (nSPS) is 12.2. The number of hydrogen-bond donors (Lipinski definition) is 0. The fraction of sp³-hybridized carbons (Fsp3) is 0.727. The number of aldehydes is 1. The maximum Gasteiger partial charge on any atom is 0.145 e. The van der Waals surface area contributed by atoms with E-state index in [0.717, 1.165) is 24.2 Å². The molecule has 0 spiro atoms. The van der Waals surface area contributed by atoms with Gasteiger partial charge in [0.05, 0.1) is 0 Å². The van der Waals surface area contributed by atoms with Crippen LogP contribution >= 0.6 is 0 Å². The van der Waals surface area contributed by atoms with Crippen LogP contribution in [0.1, 0.15) is 46.5 Å². The van der Waals surface area contributed by atoms with Gasteiger partial charge in [0, 0.05) is 0 Å². The average molecular weight is 168 g/mol. The zero-order valence-corrected chi connectivity index (χ0v) is 8.47. The Hall–Kier alpha value is -0.590. The Morgan fingerprint density at radius 1 is 1.33 bits per heavy atom. The molecular formula is C11H20O. The molecule has 0 saturated carbocycles. The summed E-state index contributed by atoms with van der Waals surface area (Å²) in [6.07, 6.45) is 7.78. The van der Waals surface area contributed by atoms with Crippen molar-refractivity contribution in [2.24, 2.45) is 5.92 Å². The zero-order chi connectivity index (χ0) is 9.40. The lowest BCUT2D eigenvalue weighted by Gasteiger charge is -2.01. The largest absolute Gasteiger partial charge is 0.298 e. The topological polar surface area (TPSA) is 17.1 Å². The summed E-state index contributed by atoms with van der Waals surface area (Å²) in [5, 5.41) is 0.